The van der Waals surface area contributed by atoms with E-state index in [4.69, 9.17) is 9.47 Å². The van der Waals surface area contributed by atoms with Gasteiger partial charge in [0, 0.05) is 11.5 Å². The molecule has 0 unspecified atom stereocenters. The summed E-state index contributed by atoms with van der Waals surface area (Å²) in [5, 5.41) is 0. The summed E-state index contributed by atoms with van der Waals surface area (Å²) in [4.78, 5) is 23.5. The van der Waals surface area contributed by atoms with E-state index in [1.165, 1.54) is 0 Å². The van der Waals surface area contributed by atoms with Crippen molar-refractivity contribution in [2.45, 2.75) is 41.5 Å². The third-order valence-electron chi connectivity index (χ3n) is 2.58. The summed E-state index contributed by atoms with van der Waals surface area (Å²) in [6.45, 7) is 11.8. The monoisotopic (exact) mass is 290 g/mol. The molecule has 0 atom stereocenters. The average molecular weight is 290 g/mol. The first-order chi connectivity index (χ1) is 8.67. The van der Waals surface area contributed by atoms with Crippen molar-refractivity contribution in [1.82, 2.24) is 0 Å². The molecular formula is C14H26O4S. The summed E-state index contributed by atoms with van der Waals surface area (Å²) in [6, 6.07) is 0. The molecule has 0 aliphatic rings. The third-order valence-corrected chi connectivity index (χ3v) is 4.43. The van der Waals surface area contributed by atoms with Crippen LogP contribution in [0.25, 0.3) is 0 Å². The van der Waals surface area contributed by atoms with Crippen LogP contribution in [0, 0.1) is 10.8 Å². The van der Waals surface area contributed by atoms with Gasteiger partial charge in [0.25, 0.3) is 0 Å². The van der Waals surface area contributed by atoms with Crippen LogP contribution in [0.4, 0.5) is 0 Å². The van der Waals surface area contributed by atoms with Crippen LogP contribution in [0.1, 0.15) is 41.5 Å². The summed E-state index contributed by atoms with van der Waals surface area (Å²) in [5.41, 5.74) is -1.07. The van der Waals surface area contributed by atoms with Gasteiger partial charge in [0.2, 0.25) is 0 Å². The van der Waals surface area contributed by atoms with Gasteiger partial charge in [-0.25, -0.2) is 0 Å². The second-order valence-electron chi connectivity index (χ2n) is 5.70. The predicted octanol–water partition coefficient (Wildman–Crippen LogP) is 2.90. The topological polar surface area (TPSA) is 52.6 Å². The van der Waals surface area contributed by atoms with E-state index in [1.54, 1.807) is 25.6 Å². The Bertz CT molecular complexity index is 281. The smallest absolute Gasteiger partial charge is 0.312 e. The lowest BCUT2D eigenvalue weighted by molar-refractivity contribution is -0.152. The molecule has 0 saturated carbocycles. The second-order valence-corrected chi connectivity index (χ2v) is 6.69. The third kappa shape index (κ3) is 6.32. The highest BCUT2D eigenvalue weighted by atomic mass is 32.2. The zero-order valence-corrected chi connectivity index (χ0v) is 13.7. The van der Waals surface area contributed by atoms with E-state index in [1.807, 2.05) is 27.7 Å². The highest BCUT2D eigenvalue weighted by molar-refractivity contribution is 7.99. The van der Waals surface area contributed by atoms with Crippen LogP contribution in [0.2, 0.25) is 0 Å². The number of esters is 2. The fourth-order valence-electron chi connectivity index (χ4n) is 1.33. The zero-order chi connectivity index (χ0) is 15.1. The molecule has 19 heavy (non-hydrogen) atoms. The standard InChI is InChI=1S/C14H26O4S/c1-7-17-11(15)13(3,4)9-19-10-14(5,6)12(16)18-8-2/h7-10H2,1-6H3. The summed E-state index contributed by atoms with van der Waals surface area (Å²) in [6.07, 6.45) is 0. The fraction of sp³-hybridized carbons (Fsp3) is 0.857. The Morgan fingerprint density at radius 3 is 1.42 bits per heavy atom. The minimum absolute atomic E-state index is 0.198. The number of rotatable bonds is 8. The summed E-state index contributed by atoms with van der Waals surface area (Å²) >= 11 is 1.57. The molecule has 0 radical (unpaired) electrons. The van der Waals surface area contributed by atoms with Gasteiger partial charge in [-0.15, -0.1) is 0 Å². The highest BCUT2D eigenvalue weighted by Gasteiger charge is 2.33. The number of hydrogen-bond donors (Lipinski definition) is 0. The largest absolute Gasteiger partial charge is 0.466 e. The molecule has 5 heteroatoms. The Labute approximate surface area is 120 Å². The normalized spacial score (nSPS) is 12.1. The maximum absolute atomic E-state index is 11.7. The molecule has 0 rings (SSSR count). The molecule has 0 fully saturated rings. The molecule has 0 N–H and O–H groups in total. The van der Waals surface area contributed by atoms with Crippen LogP contribution < -0.4 is 0 Å². The van der Waals surface area contributed by atoms with E-state index in [0.717, 1.165) is 0 Å². The van der Waals surface area contributed by atoms with Crippen LogP contribution in [0.15, 0.2) is 0 Å². The fourth-order valence-corrected chi connectivity index (χ4v) is 2.69. The Morgan fingerprint density at radius 1 is 0.842 bits per heavy atom. The predicted molar refractivity (Wildman–Crippen MR) is 78.2 cm³/mol. The van der Waals surface area contributed by atoms with E-state index in [-0.39, 0.29) is 11.9 Å². The first kappa shape index (κ1) is 18.3. The van der Waals surface area contributed by atoms with Crippen molar-refractivity contribution in [2.75, 3.05) is 24.7 Å². The lowest BCUT2D eigenvalue weighted by Crippen LogP contribution is -2.32. The van der Waals surface area contributed by atoms with Gasteiger partial charge in [-0.3, -0.25) is 9.59 Å². The average Bonchev–Trinajstić information content (AvgIpc) is 2.29. The van der Waals surface area contributed by atoms with Crippen molar-refractivity contribution in [2.24, 2.45) is 10.8 Å². The van der Waals surface area contributed by atoms with Gasteiger partial charge in [0.05, 0.1) is 24.0 Å². The molecular weight excluding hydrogens is 264 g/mol. The first-order valence-electron chi connectivity index (χ1n) is 6.59. The summed E-state index contributed by atoms with van der Waals surface area (Å²) in [5.74, 6) is 0.844. The van der Waals surface area contributed by atoms with Gasteiger partial charge in [-0.2, -0.15) is 11.8 Å². The lowest BCUT2D eigenvalue weighted by Gasteiger charge is -2.25. The molecule has 0 amide bonds. The molecule has 0 bridgehead atoms. The van der Waals surface area contributed by atoms with Crippen LogP contribution in [0.3, 0.4) is 0 Å². The van der Waals surface area contributed by atoms with E-state index in [2.05, 4.69) is 0 Å². The molecule has 112 valence electrons. The van der Waals surface area contributed by atoms with E-state index in [9.17, 15) is 9.59 Å². The Hall–Kier alpha value is -0.710. The molecule has 0 aromatic heterocycles. The van der Waals surface area contributed by atoms with Gasteiger partial charge < -0.3 is 9.47 Å². The molecule has 4 nitrogen and oxygen atoms in total. The van der Waals surface area contributed by atoms with Crippen molar-refractivity contribution >= 4 is 23.7 Å². The molecule has 0 aromatic carbocycles. The Balaban J connectivity index is 4.28. The van der Waals surface area contributed by atoms with Gasteiger partial charge in [-0.05, 0) is 41.5 Å². The highest BCUT2D eigenvalue weighted by Crippen LogP contribution is 2.29. The van der Waals surface area contributed by atoms with Crippen molar-refractivity contribution in [3.8, 4) is 0 Å². The zero-order valence-electron chi connectivity index (χ0n) is 12.9. The second kappa shape index (κ2) is 7.78. The van der Waals surface area contributed by atoms with Crippen LogP contribution in [-0.2, 0) is 19.1 Å². The Morgan fingerprint density at radius 2 is 1.16 bits per heavy atom. The summed E-state index contributed by atoms with van der Waals surface area (Å²) < 4.78 is 10.1. The lowest BCUT2D eigenvalue weighted by atomic mass is 9.96. The molecule has 0 aliphatic carbocycles. The molecule has 0 heterocycles. The van der Waals surface area contributed by atoms with Crippen LogP contribution in [-0.4, -0.2) is 36.7 Å². The quantitative estimate of drug-likeness (QED) is 0.643. The van der Waals surface area contributed by atoms with Gasteiger partial charge >= 0.3 is 11.9 Å². The molecule has 0 spiro atoms. The summed E-state index contributed by atoms with van der Waals surface area (Å²) in [7, 11) is 0. The number of hydrogen-bond acceptors (Lipinski definition) is 5. The van der Waals surface area contributed by atoms with E-state index < -0.39 is 10.8 Å². The Kier molecular flexibility index (Phi) is 7.49. The maximum Gasteiger partial charge on any atom is 0.312 e. The SMILES string of the molecule is CCOC(=O)C(C)(C)CSCC(C)(C)C(=O)OCC. The molecule has 0 saturated heterocycles. The number of ether oxygens (including phenoxy) is 2. The number of carbonyl (C=O) groups excluding carboxylic acids is 2. The minimum atomic E-state index is -0.536. The van der Waals surface area contributed by atoms with E-state index >= 15 is 0 Å². The van der Waals surface area contributed by atoms with Gasteiger partial charge in [0.1, 0.15) is 0 Å². The van der Waals surface area contributed by atoms with Crippen LogP contribution in [0.5, 0.6) is 0 Å². The number of carbonyl (C=O) groups is 2. The minimum Gasteiger partial charge on any atom is -0.466 e. The number of thioether (sulfide) groups is 1. The van der Waals surface area contributed by atoms with Crippen LogP contribution >= 0.6 is 11.8 Å². The molecule has 0 aliphatic heterocycles. The molecule has 0 aromatic rings. The van der Waals surface area contributed by atoms with Gasteiger partial charge in [-0.1, -0.05) is 0 Å². The van der Waals surface area contributed by atoms with Crippen molar-refractivity contribution in [3.63, 3.8) is 0 Å². The van der Waals surface area contributed by atoms with Crippen molar-refractivity contribution in [3.05, 3.63) is 0 Å². The maximum atomic E-state index is 11.7. The van der Waals surface area contributed by atoms with Gasteiger partial charge in [0.15, 0.2) is 0 Å². The van der Waals surface area contributed by atoms with E-state index in [0.29, 0.717) is 24.7 Å². The van der Waals surface area contributed by atoms with Crippen molar-refractivity contribution in [1.29, 1.82) is 0 Å². The first-order valence-corrected chi connectivity index (χ1v) is 7.75. The van der Waals surface area contributed by atoms with Crippen molar-refractivity contribution < 1.29 is 19.1 Å².